The Labute approximate surface area is 137 Å². The molecule has 4 aromatic rings. The third-order valence-corrected chi connectivity index (χ3v) is 4.69. The molecule has 0 N–H and O–H groups in total. The van der Waals surface area contributed by atoms with Crippen molar-refractivity contribution in [3.63, 3.8) is 0 Å². The van der Waals surface area contributed by atoms with Crippen molar-refractivity contribution in [3.05, 3.63) is 76.2 Å². The van der Waals surface area contributed by atoms with Crippen LogP contribution in [0.2, 0.25) is 0 Å². The first-order chi connectivity index (χ1) is 11.2. The molecule has 0 aliphatic heterocycles. The molecule has 2 aromatic heterocycles. The number of hydrogen-bond donors (Lipinski definition) is 0. The number of hydrogen-bond acceptors (Lipinski definition) is 4. The highest BCUT2D eigenvalue weighted by Crippen LogP contribution is 2.22. The summed E-state index contributed by atoms with van der Waals surface area (Å²) in [4.78, 5) is 19.5. The smallest absolute Gasteiger partial charge is 0.258 e. The van der Waals surface area contributed by atoms with Crippen molar-refractivity contribution < 1.29 is 0 Å². The molecule has 0 unspecified atom stereocenters. The molecule has 114 valence electrons. The van der Waals surface area contributed by atoms with Gasteiger partial charge < -0.3 is 4.90 Å². The van der Waals surface area contributed by atoms with Crippen molar-refractivity contribution >= 4 is 32.8 Å². The second kappa shape index (κ2) is 5.52. The lowest BCUT2D eigenvalue weighted by Crippen LogP contribution is -2.20. The highest BCUT2D eigenvalue weighted by molar-refractivity contribution is 7.15. The van der Waals surface area contributed by atoms with Gasteiger partial charge in [0.1, 0.15) is 0 Å². The van der Waals surface area contributed by atoms with E-state index in [1.165, 1.54) is 22.1 Å². The second-order valence-corrected chi connectivity index (χ2v) is 6.40. The molecule has 4 rings (SSSR count). The predicted octanol–water partition coefficient (Wildman–Crippen LogP) is 3.55. The first kappa shape index (κ1) is 14.0. The summed E-state index contributed by atoms with van der Waals surface area (Å²) in [6, 6.07) is 16.3. The van der Waals surface area contributed by atoms with Crippen LogP contribution in [0.3, 0.4) is 0 Å². The van der Waals surface area contributed by atoms with E-state index in [1.54, 1.807) is 16.7 Å². The Morgan fingerprint density at radius 3 is 2.83 bits per heavy atom. The van der Waals surface area contributed by atoms with Crippen LogP contribution >= 0.6 is 11.3 Å². The molecule has 0 radical (unpaired) electrons. The van der Waals surface area contributed by atoms with E-state index in [0.717, 1.165) is 16.3 Å². The van der Waals surface area contributed by atoms with Crippen molar-refractivity contribution in [1.82, 2.24) is 9.38 Å². The minimum absolute atomic E-state index is 0.0295. The summed E-state index contributed by atoms with van der Waals surface area (Å²) in [7, 11) is 2.02. The van der Waals surface area contributed by atoms with Gasteiger partial charge in [0.05, 0.1) is 12.2 Å². The molecule has 0 saturated carbocycles. The number of nitrogens with zero attached hydrogens (tertiary/aromatic N) is 3. The Morgan fingerprint density at radius 1 is 1.13 bits per heavy atom. The Bertz CT molecular complexity index is 1050. The Hall–Kier alpha value is -2.66. The summed E-state index contributed by atoms with van der Waals surface area (Å²) in [6.07, 6.45) is 1.76. The van der Waals surface area contributed by atoms with Crippen LogP contribution in [0.15, 0.2) is 64.9 Å². The van der Waals surface area contributed by atoms with Crippen molar-refractivity contribution in [2.45, 2.75) is 6.54 Å². The molecule has 23 heavy (non-hydrogen) atoms. The monoisotopic (exact) mass is 321 g/mol. The van der Waals surface area contributed by atoms with Crippen LogP contribution in [0.4, 0.5) is 5.69 Å². The molecule has 0 atom stereocenters. The summed E-state index contributed by atoms with van der Waals surface area (Å²) in [5.74, 6) is 0. The van der Waals surface area contributed by atoms with Gasteiger partial charge in [0.15, 0.2) is 4.96 Å². The number of fused-ring (bicyclic) bond motifs is 2. The van der Waals surface area contributed by atoms with E-state index in [2.05, 4.69) is 40.2 Å². The van der Waals surface area contributed by atoms with Crippen LogP contribution in [-0.4, -0.2) is 16.4 Å². The van der Waals surface area contributed by atoms with Crippen LogP contribution in [0.5, 0.6) is 0 Å². The Kier molecular flexibility index (Phi) is 3.35. The molecule has 0 fully saturated rings. The first-order valence-electron chi connectivity index (χ1n) is 7.36. The third kappa shape index (κ3) is 2.59. The van der Waals surface area contributed by atoms with Crippen LogP contribution in [-0.2, 0) is 6.54 Å². The molecule has 0 aliphatic carbocycles. The van der Waals surface area contributed by atoms with Gasteiger partial charge in [-0.05, 0) is 22.9 Å². The van der Waals surface area contributed by atoms with Crippen LogP contribution < -0.4 is 10.5 Å². The summed E-state index contributed by atoms with van der Waals surface area (Å²) in [5, 5.41) is 4.31. The van der Waals surface area contributed by atoms with Crippen molar-refractivity contribution in [2.75, 3.05) is 11.9 Å². The van der Waals surface area contributed by atoms with E-state index in [-0.39, 0.29) is 5.56 Å². The van der Waals surface area contributed by atoms with Gasteiger partial charge in [-0.3, -0.25) is 9.20 Å². The van der Waals surface area contributed by atoms with Crippen LogP contribution in [0, 0.1) is 0 Å². The maximum Gasteiger partial charge on any atom is 0.258 e. The average Bonchev–Trinajstić information content (AvgIpc) is 3.03. The maximum absolute atomic E-state index is 12.1. The molecular weight excluding hydrogens is 306 g/mol. The van der Waals surface area contributed by atoms with E-state index in [4.69, 9.17) is 0 Å². The van der Waals surface area contributed by atoms with E-state index < -0.39 is 0 Å². The Morgan fingerprint density at radius 2 is 1.96 bits per heavy atom. The highest BCUT2D eigenvalue weighted by atomic mass is 32.1. The fourth-order valence-corrected chi connectivity index (χ4v) is 3.46. The molecule has 0 amide bonds. The molecule has 0 aliphatic rings. The minimum Gasteiger partial charge on any atom is -0.369 e. The quantitative estimate of drug-likeness (QED) is 0.579. The van der Waals surface area contributed by atoms with Crippen molar-refractivity contribution in [1.29, 1.82) is 0 Å². The topological polar surface area (TPSA) is 37.6 Å². The molecule has 0 spiro atoms. The van der Waals surface area contributed by atoms with Gasteiger partial charge >= 0.3 is 0 Å². The number of benzene rings is 2. The lowest BCUT2D eigenvalue weighted by molar-refractivity contribution is 0.876. The molecule has 2 heterocycles. The third-order valence-electron chi connectivity index (χ3n) is 3.93. The van der Waals surface area contributed by atoms with Crippen molar-refractivity contribution in [3.8, 4) is 0 Å². The fraction of sp³-hybridized carbons (Fsp3) is 0.111. The number of thiazole rings is 1. The molecule has 2 aromatic carbocycles. The van der Waals surface area contributed by atoms with E-state index >= 15 is 0 Å². The number of aromatic nitrogens is 2. The zero-order valence-electron chi connectivity index (χ0n) is 12.6. The zero-order chi connectivity index (χ0) is 15.8. The van der Waals surface area contributed by atoms with Crippen LogP contribution in [0.25, 0.3) is 15.7 Å². The lowest BCUT2D eigenvalue weighted by Gasteiger charge is -2.19. The van der Waals surface area contributed by atoms with E-state index in [1.807, 2.05) is 24.6 Å². The molecular formula is C18H15N3OS. The summed E-state index contributed by atoms with van der Waals surface area (Å²) < 4.78 is 1.57. The fourth-order valence-electron chi connectivity index (χ4n) is 2.72. The highest BCUT2D eigenvalue weighted by Gasteiger charge is 2.07. The maximum atomic E-state index is 12.1. The minimum atomic E-state index is -0.0295. The normalized spacial score (nSPS) is 11.2. The van der Waals surface area contributed by atoms with Gasteiger partial charge in [-0.2, -0.15) is 0 Å². The average molecular weight is 321 g/mol. The van der Waals surface area contributed by atoms with Crippen molar-refractivity contribution in [2.24, 2.45) is 0 Å². The molecule has 0 saturated heterocycles. The van der Waals surface area contributed by atoms with E-state index in [0.29, 0.717) is 6.54 Å². The standard InChI is InChI=1S/C18H15N3OS/c1-20(16-7-6-13-4-2-3-5-14(13)10-16)12-15-11-17(22)21-8-9-23-18(21)19-15/h2-11H,12H2,1H3. The summed E-state index contributed by atoms with van der Waals surface area (Å²) >= 11 is 1.47. The summed E-state index contributed by atoms with van der Waals surface area (Å²) in [5.41, 5.74) is 1.86. The predicted molar refractivity (Wildman–Crippen MR) is 95.4 cm³/mol. The molecule has 4 nitrogen and oxygen atoms in total. The summed E-state index contributed by atoms with van der Waals surface area (Å²) in [6.45, 7) is 0.599. The van der Waals surface area contributed by atoms with E-state index in [9.17, 15) is 4.79 Å². The SMILES string of the molecule is CN(Cc1cc(=O)n2ccsc2n1)c1ccc2ccccc2c1. The zero-order valence-corrected chi connectivity index (χ0v) is 13.5. The van der Waals surface area contributed by atoms with Gasteiger partial charge in [0.25, 0.3) is 5.56 Å². The molecule has 0 bridgehead atoms. The largest absolute Gasteiger partial charge is 0.369 e. The lowest BCUT2D eigenvalue weighted by atomic mass is 10.1. The second-order valence-electron chi connectivity index (χ2n) is 5.53. The molecule has 5 heteroatoms. The van der Waals surface area contributed by atoms with Crippen LogP contribution in [0.1, 0.15) is 5.69 Å². The first-order valence-corrected chi connectivity index (χ1v) is 8.24. The number of anilines is 1. The number of rotatable bonds is 3. The van der Waals surface area contributed by atoms with Gasteiger partial charge in [0.2, 0.25) is 0 Å². The van der Waals surface area contributed by atoms with Gasteiger partial charge in [-0.15, -0.1) is 11.3 Å². The van der Waals surface area contributed by atoms with Gasteiger partial charge in [-0.25, -0.2) is 4.98 Å². The van der Waals surface area contributed by atoms with Gasteiger partial charge in [0, 0.05) is 30.4 Å². The Balaban J connectivity index is 1.67. The van der Waals surface area contributed by atoms with Gasteiger partial charge in [-0.1, -0.05) is 30.3 Å².